The first-order valence-electron chi connectivity index (χ1n) is 12.3. The second-order valence-corrected chi connectivity index (χ2v) is 9.62. The zero-order valence-electron chi connectivity index (χ0n) is 19.8. The number of nitrogens with one attached hydrogen (secondary N) is 3. The van der Waals surface area contributed by atoms with E-state index < -0.39 is 5.91 Å². The van der Waals surface area contributed by atoms with Gasteiger partial charge in [-0.05, 0) is 88.7 Å². The number of anilines is 1. The fraction of sp³-hybridized carbons (Fsp3) is 0.600. The highest BCUT2D eigenvalue weighted by Crippen LogP contribution is 2.30. The van der Waals surface area contributed by atoms with Gasteiger partial charge in [-0.25, -0.2) is 4.99 Å². The summed E-state index contributed by atoms with van der Waals surface area (Å²) in [5.74, 6) is 0.530. The van der Waals surface area contributed by atoms with Crippen molar-refractivity contribution in [2.24, 2.45) is 10.7 Å². The van der Waals surface area contributed by atoms with Crippen molar-refractivity contribution >= 4 is 17.3 Å². The quantitative estimate of drug-likeness (QED) is 0.432. The minimum atomic E-state index is -0.554. The van der Waals surface area contributed by atoms with Crippen molar-refractivity contribution in [2.75, 3.05) is 25.5 Å². The lowest BCUT2D eigenvalue weighted by atomic mass is 9.89. The average molecular weight is 455 g/mol. The van der Waals surface area contributed by atoms with Gasteiger partial charge in [0, 0.05) is 11.7 Å². The van der Waals surface area contributed by atoms with Crippen LogP contribution in [0.1, 0.15) is 63.4 Å². The van der Waals surface area contributed by atoms with Crippen molar-refractivity contribution in [3.8, 4) is 0 Å². The normalized spacial score (nSPS) is 27.1. The average Bonchev–Trinajstić information content (AvgIpc) is 2.81. The molecule has 8 heteroatoms. The number of primary amides is 1. The summed E-state index contributed by atoms with van der Waals surface area (Å²) in [6.45, 7) is 4.25. The molecule has 0 aromatic heterocycles. The van der Waals surface area contributed by atoms with E-state index in [1.54, 1.807) is 0 Å². The van der Waals surface area contributed by atoms with Crippen LogP contribution in [0, 0.1) is 0 Å². The molecule has 180 valence electrons. The fourth-order valence-corrected chi connectivity index (χ4v) is 5.09. The van der Waals surface area contributed by atoms with Gasteiger partial charge in [0.1, 0.15) is 12.0 Å². The smallest absolute Gasteiger partial charge is 0.271 e. The summed E-state index contributed by atoms with van der Waals surface area (Å²) in [4.78, 5) is 19.2. The summed E-state index contributed by atoms with van der Waals surface area (Å²) >= 11 is 0. The minimum absolute atomic E-state index is 0.182. The van der Waals surface area contributed by atoms with Gasteiger partial charge in [-0.1, -0.05) is 19.1 Å². The van der Waals surface area contributed by atoms with Gasteiger partial charge < -0.3 is 26.4 Å². The number of nitrogens with two attached hydrogens (primary N) is 1. The van der Waals surface area contributed by atoms with E-state index in [0.717, 1.165) is 63.0 Å². The number of likely N-dealkylation sites (tertiary alicyclic amines) is 1. The first-order valence-corrected chi connectivity index (χ1v) is 12.3. The molecule has 1 unspecified atom stereocenters. The fourth-order valence-electron chi connectivity index (χ4n) is 5.09. The molecule has 1 amide bonds. The molecule has 1 aromatic rings. The topological polar surface area (TPSA) is 115 Å². The maximum Gasteiger partial charge on any atom is 0.271 e. The second kappa shape index (κ2) is 10.7. The monoisotopic (exact) mass is 454 g/mol. The predicted octanol–water partition coefficient (Wildman–Crippen LogP) is 2.24. The number of aliphatic hydroxyl groups is 1. The maximum atomic E-state index is 12.2. The van der Waals surface area contributed by atoms with Crippen LogP contribution in [-0.4, -0.2) is 60.1 Å². The van der Waals surface area contributed by atoms with Crippen LogP contribution in [0.25, 0.3) is 0 Å². The number of aliphatic hydroxyl groups excluding tert-OH is 1. The molecule has 33 heavy (non-hydrogen) atoms. The van der Waals surface area contributed by atoms with Crippen LogP contribution in [0.5, 0.6) is 0 Å². The van der Waals surface area contributed by atoms with E-state index in [0.29, 0.717) is 24.2 Å². The molecule has 1 atom stereocenters. The molecule has 2 fully saturated rings. The van der Waals surface area contributed by atoms with Crippen LogP contribution >= 0.6 is 0 Å². The summed E-state index contributed by atoms with van der Waals surface area (Å²) in [5.41, 5.74) is 9.02. The van der Waals surface area contributed by atoms with E-state index in [2.05, 4.69) is 51.1 Å². The summed E-state index contributed by atoms with van der Waals surface area (Å²) in [6.07, 6.45) is 6.08. The molecule has 8 nitrogen and oxygen atoms in total. The molecule has 0 bridgehead atoms. The van der Waals surface area contributed by atoms with Crippen molar-refractivity contribution < 1.29 is 9.90 Å². The lowest BCUT2D eigenvalue weighted by Gasteiger charge is -2.34. The zero-order chi connectivity index (χ0) is 23.4. The highest BCUT2D eigenvalue weighted by molar-refractivity contribution is 6.00. The Hall–Kier alpha value is -2.42. The number of carbonyl (C=O) groups is 1. The second-order valence-electron chi connectivity index (χ2n) is 9.62. The van der Waals surface area contributed by atoms with Crippen molar-refractivity contribution in [1.29, 1.82) is 0 Å². The SMILES string of the molecule is CCC1=NC(C(N)=O)=C(Nc2cccc(C3CCN(C)CC3)c2)NC1N[C@H]1CC[C@H](O)CC1. The Labute approximate surface area is 196 Å². The van der Waals surface area contributed by atoms with Crippen molar-refractivity contribution in [1.82, 2.24) is 15.5 Å². The van der Waals surface area contributed by atoms with E-state index in [4.69, 9.17) is 5.73 Å². The van der Waals surface area contributed by atoms with Gasteiger partial charge in [0.25, 0.3) is 5.91 Å². The molecule has 3 aliphatic rings. The largest absolute Gasteiger partial charge is 0.393 e. The van der Waals surface area contributed by atoms with Gasteiger partial charge in [-0.2, -0.15) is 0 Å². The van der Waals surface area contributed by atoms with Crippen LogP contribution in [0.4, 0.5) is 5.69 Å². The van der Waals surface area contributed by atoms with Gasteiger partial charge in [0.2, 0.25) is 0 Å². The van der Waals surface area contributed by atoms with E-state index in [1.807, 2.05) is 13.0 Å². The van der Waals surface area contributed by atoms with E-state index in [9.17, 15) is 9.90 Å². The van der Waals surface area contributed by atoms with Crippen LogP contribution in [0.15, 0.2) is 40.8 Å². The van der Waals surface area contributed by atoms with Crippen molar-refractivity contribution in [3.63, 3.8) is 0 Å². The molecular formula is C25H38N6O2. The highest BCUT2D eigenvalue weighted by atomic mass is 16.3. The molecule has 0 radical (unpaired) electrons. The van der Waals surface area contributed by atoms with Gasteiger partial charge >= 0.3 is 0 Å². The van der Waals surface area contributed by atoms with E-state index in [-0.39, 0.29) is 18.0 Å². The number of benzene rings is 1. The van der Waals surface area contributed by atoms with Crippen LogP contribution in [-0.2, 0) is 4.79 Å². The zero-order valence-corrected chi connectivity index (χ0v) is 19.8. The number of amides is 1. The number of hydrogen-bond donors (Lipinski definition) is 5. The molecule has 2 heterocycles. The number of piperidine rings is 1. The Morgan fingerprint density at radius 3 is 2.61 bits per heavy atom. The first-order chi connectivity index (χ1) is 15.9. The molecule has 1 aliphatic carbocycles. The van der Waals surface area contributed by atoms with Gasteiger partial charge in [0.15, 0.2) is 5.70 Å². The summed E-state index contributed by atoms with van der Waals surface area (Å²) in [6, 6.07) is 8.73. The lowest BCUT2D eigenvalue weighted by molar-refractivity contribution is -0.114. The molecule has 1 aromatic carbocycles. The third-order valence-corrected chi connectivity index (χ3v) is 7.15. The number of rotatable bonds is 7. The number of hydrogen-bond acceptors (Lipinski definition) is 7. The van der Waals surface area contributed by atoms with Crippen LogP contribution < -0.4 is 21.7 Å². The molecule has 0 spiro atoms. The molecular weight excluding hydrogens is 416 g/mol. The Morgan fingerprint density at radius 2 is 1.94 bits per heavy atom. The summed E-state index contributed by atoms with van der Waals surface area (Å²) in [5, 5.41) is 20.3. The van der Waals surface area contributed by atoms with E-state index in [1.165, 1.54) is 5.56 Å². The third-order valence-electron chi connectivity index (χ3n) is 7.15. The minimum Gasteiger partial charge on any atom is -0.393 e. The van der Waals surface area contributed by atoms with Gasteiger partial charge in [0.05, 0.1) is 11.8 Å². The number of nitrogens with zero attached hydrogens (tertiary/aromatic N) is 2. The molecule has 6 N–H and O–H groups in total. The number of aliphatic imine (C=N–C) groups is 1. The highest BCUT2D eigenvalue weighted by Gasteiger charge is 2.29. The van der Waals surface area contributed by atoms with Crippen molar-refractivity contribution in [2.45, 2.75) is 76.1 Å². The van der Waals surface area contributed by atoms with Gasteiger partial charge in [-0.15, -0.1) is 0 Å². The van der Waals surface area contributed by atoms with E-state index >= 15 is 0 Å². The first kappa shape index (κ1) is 23.7. The summed E-state index contributed by atoms with van der Waals surface area (Å²) in [7, 11) is 2.17. The molecule has 1 saturated heterocycles. The van der Waals surface area contributed by atoms with Crippen molar-refractivity contribution in [3.05, 3.63) is 41.3 Å². The Morgan fingerprint density at radius 1 is 1.21 bits per heavy atom. The standard InChI is InChI=1S/C25H38N6O2/c1-3-21-24(27-18-7-9-20(32)10-8-18)30-25(22(29-21)23(26)33)28-19-6-4-5-17(15-19)16-11-13-31(2)14-12-16/h4-6,15-16,18,20,24,27-28,30,32H,3,7-14H2,1-2H3,(H2,26,33)/t18-,20-,24?. The molecule has 2 aliphatic heterocycles. The maximum absolute atomic E-state index is 12.2. The van der Waals surface area contributed by atoms with Gasteiger partial charge in [-0.3, -0.25) is 10.1 Å². The lowest BCUT2D eigenvalue weighted by Crippen LogP contribution is -2.55. The summed E-state index contributed by atoms with van der Waals surface area (Å²) < 4.78 is 0. The third kappa shape index (κ3) is 5.93. The Balaban J connectivity index is 1.51. The Kier molecular flexibility index (Phi) is 7.67. The molecule has 1 saturated carbocycles. The van der Waals surface area contributed by atoms with Crippen LogP contribution in [0.3, 0.4) is 0 Å². The predicted molar refractivity (Wildman–Crippen MR) is 132 cm³/mol. The Bertz CT molecular complexity index is 898. The number of carbonyl (C=O) groups excluding carboxylic acids is 1. The molecule has 4 rings (SSSR count). The van der Waals surface area contributed by atoms with Crippen LogP contribution in [0.2, 0.25) is 0 Å².